The van der Waals surface area contributed by atoms with Crippen LogP contribution in [0.1, 0.15) is 29.5 Å². The molecule has 1 amide bonds. The van der Waals surface area contributed by atoms with Gasteiger partial charge in [0.2, 0.25) is 5.78 Å². The number of likely N-dealkylation sites (N-methyl/N-ethyl adjacent to an activating group) is 1. The fourth-order valence-electron chi connectivity index (χ4n) is 6.78. The molecule has 0 bridgehead atoms. The fraction of sp³-hybridized carbons (Fsp3) is 0.387. The van der Waals surface area contributed by atoms with E-state index in [1.165, 1.54) is 25.1 Å². The Morgan fingerprint density at radius 2 is 1.75 bits per heavy atom. The number of nitrogens with two attached hydrogens (primary N) is 1. The van der Waals surface area contributed by atoms with Crippen LogP contribution < -0.4 is 11.1 Å². The maximum Gasteiger partial charge on any atom is 0.390 e. The highest BCUT2D eigenvalue weighted by molar-refractivity contribution is 6.24. The summed E-state index contributed by atoms with van der Waals surface area (Å²) in [5.74, 6) is -7.22. The van der Waals surface area contributed by atoms with Gasteiger partial charge in [-0.2, -0.15) is 13.2 Å². The van der Waals surface area contributed by atoms with Crippen molar-refractivity contribution < 1.29 is 48.0 Å². The van der Waals surface area contributed by atoms with Crippen LogP contribution in [0.4, 0.5) is 13.2 Å². The first-order valence-electron chi connectivity index (χ1n) is 13.9. The molecule has 1 fully saturated rings. The average Bonchev–Trinajstić information content (AvgIpc) is 2.93. The van der Waals surface area contributed by atoms with Crippen molar-refractivity contribution in [3.8, 4) is 16.9 Å². The summed E-state index contributed by atoms with van der Waals surface area (Å²) in [5.41, 5.74) is 4.02. The maximum absolute atomic E-state index is 14.0. The molecule has 2 aromatic carbocycles. The normalized spacial score (nSPS) is 25.2. The van der Waals surface area contributed by atoms with E-state index in [0.717, 1.165) is 5.56 Å². The second kappa shape index (κ2) is 11.1. The van der Waals surface area contributed by atoms with E-state index in [0.29, 0.717) is 16.7 Å². The number of phenolic OH excluding ortho intramolecular Hbond substituents is 1. The Hall–Kier alpha value is -4.20. The number of alkyl halides is 3. The summed E-state index contributed by atoms with van der Waals surface area (Å²) in [6.07, 6.45) is -5.11. The van der Waals surface area contributed by atoms with E-state index >= 15 is 0 Å². The van der Waals surface area contributed by atoms with Gasteiger partial charge in [0.25, 0.3) is 5.91 Å². The number of halogens is 3. The van der Waals surface area contributed by atoms with Gasteiger partial charge in [-0.15, -0.1) is 0 Å². The Morgan fingerprint density at radius 3 is 2.34 bits per heavy atom. The minimum atomic E-state index is -4.25. The van der Waals surface area contributed by atoms with E-state index in [4.69, 9.17) is 5.73 Å². The van der Waals surface area contributed by atoms with E-state index in [-0.39, 0.29) is 42.8 Å². The van der Waals surface area contributed by atoms with Gasteiger partial charge < -0.3 is 31.5 Å². The van der Waals surface area contributed by atoms with Crippen LogP contribution in [0.3, 0.4) is 0 Å². The van der Waals surface area contributed by atoms with Gasteiger partial charge >= 0.3 is 6.18 Å². The minimum Gasteiger partial charge on any atom is -0.508 e. The molecule has 2 aromatic rings. The zero-order valence-corrected chi connectivity index (χ0v) is 23.9. The zero-order valence-electron chi connectivity index (χ0n) is 23.9. The van der Waals surface area contributed by atoms with Gasteiger partial charge in [-0.05, 0) is 61.2 Å². The highest BCUT2D eigenvalue weighted by Gasteiger charge is 2.64. The molecule has 0 spiro atoms. The Kier molecular flexibility index (Phi) is 7.85. The van der Waals surface area contributed by atoms with Crippen molar-refractivity contribution in [2.45, 2.75) is 43.6 Å². The molecule has 5 rings (SSSR count). The first kappa shape index (κ1) is 31.2. The molecule has 3 aliphatic rings. The Morgan fingerprint density at radius 1 is 1.09 bits per heavy atom. The summed E-state index contributed by atoms with van der Waals surface area (Å²) in [7, 11) is 3.05. The van der Waals surface area contributed by atoms with E-state index in [2.05, 4.69) is 5.32 Å². The molecular formula is C31H32F3N3O7. The lowest BCUT2D eigenvalue weighted by Gasteiger charge is -2.50. The van der Waals surface area contributed by atoms with Crippen LogP contribution in [0, 0.1) is 11.8 Å². The van der Waals surface area contributed by atoms with Crippen LogP contribution in [0.15, 0.2) is 53.3 Å². The molecule has 0 heterocycles. The van der Waals surface area contributed by atoms with Crippen molar-refractivity contribution in [3.05, 3.63) is 70.0 Å². The van der Waals surface area contributed by atoms with Crippen molar-refractivity contribution >= 4 is 23.2 Å². The molecule has 44 heavy (non-hydrogen) atoms. The van der Waals surface area contributed by atoms with Crippen LogP contribution in [0.2, 0.25) is 0 Å². The second-order valence-electron chi connectivity index (χ2n) is 11.7. The van der Waals surface area contributed by atoms with Crippen molar-refractivity contribution in [1.29, 1.82) is 0 Å². The monoisotopic (exact) mass is 615 g/mol. The number of aliphatic hydroxyl groups excluding tert-OH is 2. The smallest absolute Gasteiger partial charge is 0.390 e. The van der Waals surface area contributed by atoms with Gasteiger partial charge in [-0.25, -0.2) is 0 Å². The van der Waals surface area contributed by atoms with Crippen LogP contribution in [-0.4, -0.2) is 81.3 Å². The number of fused-ring (bicyclic) bond motifs is 3. The summed E-state index contributed by atoms with van der Waals surface area (Å²) < 4.78 is 37.3. The largest absolute Gasteiger partial charge is 0.508 e. The first-order valence-corrected chi connectivity index (χ1v) is 13.9. The number of nitrogens with one attached hydrogen (secondary N) is 1. The lowest BCUT2D eigenvalue weighted by atomic mass is 9.57. The summed E-state index contributed by atoms with van der Waals surface area (Å²) >= 11 is 0. The Bertz CT molecular complexity index is 1610. The zero-order chi connectivity index (χ0) is 32.3. The minimum absolute atomic E-state index is 0.0308. The second-order valence-corrected chi connectivity index (χ2v) is 11.7. The number of hydrogen-bond donors (Lipinski definition) is 6. The standard InChI is InChI=1S/C31H32F3N3O7/c1-37(2)24-19-12-16-11-18-17(15-5-3-14(4-6-15)13-36-10-9-30(32,33)34)7-8-20(38)22(18)25(39)21(16)27(41)31(19,44)28(42)23(26(24)40)29(35)43/h3-8,16,19,24,36,38-39,42,44H,9-13H2,1-2H3,(H2,35,43)/t16-,19-,24-,31-/m0/s1. The molecule has 3 aliphatic carbocycles. The third-order valence-electron chi connectivity index (χ3n) is 8.78. The number of benzene rings is 2. The van der Waals surface area contributed by atoms with Crippen molar-refractivity contribution in [1.82, 2.24) is 10.2 Å². The number of ketones is 2. The molecule has 0 unspecified atom stereocenters. The molecule has 234 valence electrons. The number of primary amides is 1. The maximum atomic E-state index is 14.0. The Labute approximate surface area is 250 Å². The van der Waals surface area contributed by atoms with Crippen molar-refractivity contribution in [2.24, 2.45) is 17.6 Å². The lowest BCUT2D eigenvalue weighted by Crippen LogP contribution is -2.65. The van der Waals surface area contributed by atoms with Gasteiger partial charge in [0, 0.05) is 24.6 Å². The number of aromatic hydroxyl groups is 1. The number of carbonyl (C=O) groups is 3. The molecule has 0 aliphatic heterocycles. The molecule has 13 heteroatoms. The summed E-state index contributed by atoms with van der Waals surface area (Å²) in [6.45, 7) is -0.00544. The van der Waals surface area contributed by atoms with Gasteiger partial charge in [0.15, 0.2) is 11.4 Å². The van der Waals surface area contributed by atoms with Crippen LogP contribution in [0.25, 0.3) is 16.9 Å². The molecule has 0 aromatic heterocycles. The molecule has 1 saturated carbocycles. The predicted molar refractivity (Wildman–Crippen MR) is 152 cm³/mol. The molecular weight excluding hydrogens is 583 g/mol. The van der Waals surface area contributed by atoms with Crippen LogP contribution >= 0.6 is 0 Å². The van der Waals surface area contributed by atoms with Gasteiger partial charge in [-0.1, -0.05) is 30.3 Å². The molecule has 7 N–H and O–H groups in total. The third-order valence-corrected chi connectivity index (χ3v) is 8.78. The van der Waals surface area contributed by atoms with E-state index in [1.54, 1.807) is 30.3 Å². The van der Waals surface area contributed by atoms with E-state index in [1.807, 2.05) is 0 Å². The topological polar surface area (TPSA) is 173 Å². The quantitative estimate of drug-likeness (QED) is 0.202. The van der Waals surface area contributed by atoms with Gasteiger partial charge in [-0.3, -0.25) is 19.3 Å². The van der Waals surface area contributed by atoms with Gasteiger partial charge in [0.05, 0.1) is 18.0 Å². The molecule has 0 saturated heterocycles. The van der Waals surface area contributed by atoms with Crippen molar-refractivity contribution in [2.75, 3.05) is 20.6 Å². The SMILES string of the molecule is CN(C)[C@@H]1C(=O)C(C(N)=O)=C(O)[C@@]2(O)C(=O)C3=C(O)c4c(O)ccc(-c5ccc(CNCCC(F)(F)F)cc5)c4C[C@H]3C[C@@H]12. The van der Waals surface area contributed by atoms with Crippen molar-refractivity contribution in [3.63, 3.8) is 0 Å². The first-order chi connectivity index (χ1) is 20.6. The molecule has 4 atom stereocenters. The fourth-order valence-corrected chi connectivity index (χ4v) is 6.78. The molecule has 0 radical (unpaired) electrons. The van der Waals surface area contributed by atoms with E-state index in [9.17, 15) is 48.0 Å². The van der Waals surface area contributed by atoms with Crippen LogP contribution in [0.5, 0.6) is 5.75 Å². The highest BCUT2D eigenvalue weighted by atomic mass is 19.4. The average molecular weight is 616 g/mol. The number of hydrogen-bond acceptors (Lipinski definition) is 9. The number of aliphatic hydroxyl groups is 3. The summed E-state index contributed by atoms with van der Waals surface area (Å²) in [6, 6.07) is 8.79. The lowest BCUT2D eigenvalue weighted by molar-refractivity contribution is -0.153. The summed E-state index contributed by atoms with van der Waals surface area (Å²) in [5, 5.41) is 47.6. The molecule has 10 nitrogen and oxygen atoms in total. The number of phenols is 1. The van der Waals surface area contributed by atoms with E-state index < -0.39 is 70.6 Å². The predicted octanol–water partition coefficient (Wildman–Crippen LogP) is 2.67. The number of carbonyl (C=O) groups excluding carboxylic acids is 3. The number of Topliss-reactive ketones (excluding diaryl/α,β-unsaturated/α-hetero) is 2. The third kappa shape index (κ3) is 5.04. The van der Waals surface area contributed by atoms with Gasteiger partial charge in [0.1, 0.15) is 22.8 Å². The number of nitrogens with zero attached hydrogens (tertiary/aromatic N) is 1. The summed E-state index contributed by atoms with van der Waals surface area (Å²) in [4.78, 5) is 40.8. The highest BCUT2D eigenvalue weighted by Crippen LogP contribution is 2.53. The number of amides is 1. The number of rotatable bonds is 7. The van der Waals surface area contributed by atoms with Crippen LogP contribution in [-0.2, 0) is 27.3 Å². The Balaban J connectivity index is 1.54.